The SMILES string of the molecule is Cn1cnc(S(=O)(=O)N2C[C@H]([C@H]3CCCCO3)[C@@H](N)C2)c1. The monoisotopic (exact) mass is 314 g/mol. The molecule has 21 heavy (non-hydrogen) atoms. The molecule has 0 spiro atoms. The molecule has 1 aromatic rings. The van der Waals surface area contributed by atoms with Gasteiger partial charge in [0.1, 0.15) is 0 Å². The quantitative estimate of drug-likeness (QED) is 0.844. The fourth-order valence-electron chi connectivity index (χ4n) is 3.16. The van der Waals surface area contributed by atoms with Crippen LogP contribution < -0.4 is 5.73 Å². The molecule has 0 aromatic carbocycles. The molecule has 1 aromatic heterocycles. The van der Waals surface area contributed by atoms with Gasteiger partial charge in [0.2, 0.25) is 0 Å². The van der Waals surface area contributed by atoms with E-state index in [0.29, 0.717) is 13.1 Å². The van der Waals surface area contributed by atoms with Gasteiger partial charge in [-0.1, -0.05) is 0 Å². The van der Waals surface area contributed by atoms with Crippen LogP contribution in [0.2, 0.25) is 0 Å². The van der Waals surface area contributed by atoms with Crippen LogP contribution >= 0.6 is 0 Å². The molecule has 2 N–H and O–H groups in total. The first-order valence-corrected chi connectivity index (χ1v) is 8.78. The summed E-state index contributed by atoms with van der Waals surface area (Å²) in [4.78, 5) is 3.96. The minimum Gasteiger partial charge on any atom is -0.378 e. The molecule has 3 atom stereocenters. The van der Waals surface area contributed by atoms with Gasteiger partial charge in [-0.2, -0.15) is 4.31 Å². The second-order valence-corrected chi connectivity index (χ2v) is 7.82. The number of sulfonamides is 1. The smallest absolute Gasteiger partial charge is 0.262 e. The number of imidazole rings is 1. The molecule has 3 heterocycles. The fraction of sp³-hybridized carbons (Fsp3) is 0.769. The summed E-state index contributed by atoms with van der Waals surface area (Å²) < 4.78 is 34.0. The zero-order chi connectivity index (χ0) is 15.0. The molecule has 7 nitrogen and oxygen atoms in total. The average molecular weight is 314 g/mol. The molecule has 0 saturated carbocycles. The van der Waals surface area contributed by atoms with Crippen molar-refractivity contribution in [2.45, 2.75) is 36.4 Å². The molecule has 8 heteroatoms. The molecular weight excluding hydrogens is 292 g/mol. The average Bonchev–Trinajstić information content (AvgIpc) is 3.07. The minimum absolute atomic E-state index is 0.0730. The van der Waals surface area contributed by atoms with E-state index >= 15 is 0 Å². The Morgan fingerprint density at radius 3 is 2.81 bits per heavy atom. The van der Waals surface area contributed by atoms with Gasteiger partial charge in [0, 0.05) is 44.9 Å². The zero-order valence-electron chi connectivity index (χ0n) is 12.2. The van der Waals surface area contributed by atoms with E-state index in [9.17, 15) is 8.42 Å². The summed E-state index contributed by atoms with van der Waals surface area (Å²) in [6, 6.07) is -0.174. The Bertz CT molecular complexity index is 594. The van der Waals surface area contributed by atoms with E-state index < -0.39 is 10.0 Å². The Balaban J connectivity index is 1.75. The molecule has 2 aliphatic heterocycles. The maximum absolute atomic E-state index is 12.6. The normalized spacial score (nSPS) is 31.6. The summed E-state index contributed by atoms with van der Waals surface area (Å²) in [5.41, 5.74) is 6.17. The van der Waals surface area contributed by atoms with Crippen molar-refractivity contribution < 1.29 is 13.2 Å². The number of nitrogens with zero attached hydrogens (tertiary/aromatic N) is 3. The highest BCUT2D eigenvalue weighted by molar-refractivity contribution is 7.89. The van der Waals surface area contributed by atoms with Crippen molar-refractivity contribution in [3.05, 3.63) is 12.5 Å². The Kier molecular flexibility index (Phi) is 4.04. The molecule has 0 amide bonds. The second-order valence-electron chi connectivity index (χ2n) is 5.93. The zero-order valence-corrected chi connectivity index (χ0v) is 13.0. The lowest BCUT2D eigenvalue weighted by Crippen LogP contribution is -2.39. The Morgan fingerprint density at radius 1 is 1.38 bits per heavy atom. The molecule has 0 radical (unpaired) electrons. The largest absolute Gasteiger partial charge is 0.378 e. The van der Waals surface area contributed by atoms with Crippen LogP contribution in [0.4, 0.5) is 0 Å². The van der Waals surface area contributed by atoms with Gasteiger partial charge in [-0.05, 0) is 19.3 Å². The Hall–Kier alpha value is -0.960. The lowest BCUT2D eigenvalue weighted by atomic mass is 9.92. The fourth-order valence-corrected chi connectivity index (χ4v) is 4.64. The van der Waals surface area contributed by atoms with Gasteiger partial charge >= 0.3 is 0 Å². The Morgan fingerprint density at radius 2 is 2.19 bits per heavy atom. The molecule has 3 rings (SSSR count). The van der Waals surface area contributed by atoms with Gasteiger partial charge in [0.05, 0.1) is 12.4 Å². The van der Waals surface area contributed by atoms with Gasteiger partial charge in [0.15, 0.2) is 5.03 Å². The highest BCUT2D eigenvalue weighted by Crippen LogP contribution is 2.30. The van der Waals surface area contributed by atoms with Crippen molar-refractivity contribution in [1.29, 1.82) is 0 Å². The molecule has 2 saturated heterocycles. The first-order chi connectivity index (χ1) is 9.98. The van der Waals surface area contributed by atoms with Crippen molar-refractivity contribution in [2.75, 3.05) is 19.7 Å². The van der Waals surface area contributed by atoms with Crippen molar-refractivity contribution in [2.24, 2.45) is 18.7 Å². The molecule has 0 aliphatic carbocycles. The van der Waals surface area contributed by atoms with Crippen molar-refractivity contribution in [3.8, 4) is 0 Å². The summed E-state index contributed by atoms with van der Waals surface area (Å²) in [7, 11) is -1.81. The number of rotatable bonds is 3. The van der Waals surface area contributed by atoms with Crippen molar-refractivity contribution >= 4 is 10.0 Å². The number of ether oxygens (including phenoxy) is 1. The number of nitrogens with two attached hydrogens (primary N) is 1. The highest BCUT2D eigenvalue weighted by atomic mass is 32.2. The van der Waals surface area contributed by atoms with Crippen LogP contribution in [0.1, 0.15) is 19.3 Å². The van der Waals surface area contributed by atoms with E-state index in [0.717, 1.165) is 25.9 Å². The van der Waals surface area contributed by atoms with E-state index in [1.165, 1.54) is 16.8 Å². The van der Waals surface area contributed by atoms with E-state index in [2.05, 4.69) is 4.98 Å². The second kappa shape index (κ2) is 5.68. The first-order valence-electron chi connectivity index (χ1n) is 7.34. The molecule has 0 bridgehead atoms. The predicted octanol–water partition coefficient (Wildman–Crippen LogP) is -0.0630. The van der Waals surface area contributed by atoms with Gasteiger partial charge < -0.3 is 15.0 Å². The summed E-state index contributed by atoms with van der Waals surface area (Å²) >= 11 is 0. The van der Waals surface area contributed by atoms with E-state index in [1.807, 2.05) is 0 Å². The van der Waals surface area contributed by atoms with Crippen molar-refractivity contribution in [3.63, 3.8) is 0 Å². The molecule has 2 aliphatic rings. The minimum atomic E-state index is -3.56. The maximum atomic E-state index is 12.6. The van der Waals surface area contributed by atoms with Crippen LogP contribution in [-0.4, -0.2) is 54.1 Å². The van der Waals surface area contributed by atoms with E-state index in [-0.39, 0.29) is 23.1 Å². The lowest BCUT2D eigenvalue weighted by Gasteiger charge is -2.29. The number of aryl methyl sites for hydroxylation is 1. The third-order valence-electron chi connectivity index (χ3n) is 4.36. The topological polar surface area (TPSA) is 90.5 Å². The number of hydrogen-bond acceptors (Lipinski definition) is 5. The number of hydrogen-bond donors (Lipinski definition) is 1. The predicted molar refractivity (Wildman–Crippen MR) is 77.0 cm³/mol. The van der Waals surface area contributed by atoms with Gasteiger partial charge in [-0.15, -0.1) is 0 Å². The number of aromatic nitrogens is 2. The van der Waals surface area contributed by atoms with Crippen molar-refractivity contribution in [1.82, 2.24) is 13.9 Å². The molecule has 118 valence electrons. The summed E-state index contributed by atoms with van der Waals surface area (Å²) in [5, 5.41) is 0.0856. The van der Waals surface area contributed by atoms with Crippen LogP contribution in [0, 0.1) is 5.92 Å². The Labute approximate surface area is 125 Å². The lowest BCUT2D eigenvalue weighted by molar-refractivity contribution is -0.0201. The van der Waals surface area contributed by atoms with Crippen LogP contribution in [0.15, 0.2) is 17.6 Å². The van der Waals surface area contributed by atoms with Crippen LogP contribution in [0.5, 0.6) is 0 Å². The molecule has 0 unspecified atom stereocenters. The van der Waals surface area contributed by atoms with Gasteiger partial charge in [0.25, 0.3) is 10.0 Å². The van der Waals surface area contributed by atoms with Gasteiger partial charge in [-0.3, -0.25) is 0 Å². The summed E-state index contributed by atoms with van der Waals surface area (Å²) in [6.45, 7) is 1.51. The first kappa shape index (κ1) is 15.0. The van der Waals surface area contributed by atoms with Crippen LogP contribution in [-0.2, 0) is 21.8 Å². The maximum Gasteiger partial charge on any atom is 0.262 e. The van der Waals surface area contributed by atoms with Gasteiger partial charge in [-0.25, -0.2) is 13.4 Å². The third kappa shape index (κ3) is 2.85. The molecular formula is C13H22N4O3S. The highest BCUT2D eigenvalue weighted by Gasteiger charge is 2.42. The van der Waals surface area contributed by atoms with E-state index in [1.54, 1.807) is 11.6 Å². The summed E-state index contributed by atoms with van der Waals surface area (Å²) in [5.74, 6) is 0.0730. The van der Waals surface area contributed by atoms with E-state index in [4.69, 9.17) is 10.5 Å². The van der Waals surface area contributed by atoms with Crippen LogP contribution in [0.25, 0.3) is 0 Å². The molecule has 2 fully saturated rings. The summed E-state index contributed by atoms with van der Waals surface area (Å²) in [6.07, 6.45) is 6.26. The third-order valence-corrected chi connectivity index (χ3v) is 6.07. The van der Waals surface area contributed by atoms with Crippen LogP contribution in [0.3, 0.4) is 0 Å². The standard InChI is InChI=1S/C13H22N4O3S/c1-16-8-13(15-9-16)21(18,19)17-6-10(11(14)7-17)12-4-2-3-5-20-12/h8-12H,2-7,14H2,1H3/t10-,11-,12+/m0/s1.